The minimum atomic E-state index is -0.618. The van der Waals surface area contributed by atoms with Crippen LogP contribution in [-0.4, -0.2) is 12.0 Å². The lowest BCUT2D eigenvalue weighted by Crippen LogP contribution is -2.30. The maximum Gasteiger partial charge on any atom is 0.265 e. The summed E-state index contributed by atoms with van der Waals surface area (Å²) in [7, 11) is 0. The van der Waals surface area contributed by atoms with E-state index in [1.807, 2.05) is 58.0 Å². The van der Waals surface area contributed by atoms with Gasteiger partial charge in [0.2, 0.25) is 0 Å². The average Bonchev–Trinajstić information content (AvgIpc) is 2.46. The van der Waals surface area contributed by atoms with Crippen molar-refractivity contribution >= 4 is 23.2 Å². The fourth-order valence-electron chi connectivity index (χ4n) is 2.38. The van der Waals surface area contributed by atoms with Crippen LogP contribution in [0.3, 0.4) is 0 Å². The van der Waals surface area contributed by atoms with E-state index in [-0.39, 0.29) is 5.91 Å². The predicted octanol–water partition coefficient (Wildman–Crippen LogP) is 4.98. The van der Waals surface area contributed by atoms with E-state index in [1.54, 1.807) is 6.92 Å². The van der Waals surface area contributed by atoms with Crippen molar-refractivity contribution in [2.24, 2.45) is 0 Å². The second-order valence-corrected chi connectivity index (χ2v) is 6.36. The van der Waals surface area contributed by atoms with Gasteiger partial charge in [-0.15, -0.1) is 0 Å². The summed E-state index contributed by atoms with van der Waals surface area (Å²) in [6.07, 6.45) is -0.618. The van der Waals surface area contributed by atoms with Crippen LogP contribution in [0.5, 0.6) is 5.75 Å². The molecule has 0 radical (unpaired) electrons. The van der Waals surface area contributed by atoms with Crippen molar-refractivity contribution in [3.05, 3.63) is 57.6 Å². The highest BCUT2D eigenvalue weighted by atomic mass is 35.5. The second-order valence-electron chi connectivity index (χ2n) is 5.96. The van der Waals surface area contributed by atoms with Crippen molar-refractivity contribution in [2.75, 3.05) is 5.32 Å². The van der Waals surface area contributed by atoms with Gasteiger partial charge in [0.15, 0.2) is 6.10 Å². The van der Waals surface area contributed by atoms with Gasteiger partial charge in [0.1, 0.15) is 5.75 Å². The number of ether oxygens (including phenoxy) is 1. The topological polar surface area (TPSA) is 38.3 Å². The number of rotatable bonds is 4. The first-order valence-corrected chi connectivity index (χ1v) is 7.97. The molecule has 0 heterocycles. The molecule has 0 saturated carbocycles. The minimum absolute atomic E-state index is 0.222. The minimum Gasteiger partial charge on any atom is -0.481 e. The van der Waals surface area contributed by atoms with Gasteiger partial charge in [-0.25, -0.2) is 0 Å². The Bertz CT molecular complexity index is 717. The number of benzene rings is 2. The fraction of sp³-hybridized carbons (Fsp3) is 0.316. The molecule has 1 atom stereocenters. The predicted molar refractivity (Wildman–Crippen MR) is 95.6 cm³/mol. The quantitative estimate of drug-likeness (QED) is 0.858. The molecule has 2 rings (SSSR count). The summed E-state index contributed by atoms with van der Waals surface area (Å²) in [5.74, 6) is 0.499. The fourth-order valence-corrected chi connectivity index (χ4v) is 2.75. The molecule has 23 heavy (non-hydrogen) atoms. The van der Waals surface area contributed by atoms with E-state index in [4.69, 9.17) is 16.3 Å². The van der Waals surface area contributed by atoms with Crippen molar-refractivity contribution in [1.29, 1.82) is 0 Å². The van der Waals surface area contributed by atoms with Crippen molar-refractivity contribution in [3.8, 4) is 5.75 Å². The number of amides is 1. The lowest BCUT2D eigenvalue weighted by atomic mass is 10.1. The van der Waals surface area contributed by atoms with Crippen molar-refractivity contribution in [2.45, 2.75) is 40.7 Å². The van der Waals surface area contributed by atoms with E-state index in [2.05, 4.69) is 5.32 Å². The van der Waals surface area contributed by atoms with Gasteiger partial charge in [-0.1, -0.05) is 29.8 Å². The van der Waals surface area contributed by atoms with Crippen LogP contribution in [0, 0.1) is 27.7 Å². The number of aryl methyl sites for hydroxylation is 4. The molecule has 1 amide bonds. The summed E-state index contributed by atoms with van der Waals surface area (Å²) in [4.78, 5) is 12.4. The first-order chi connectivity index (χ1) is 10.8. The van der Waals surface area contributed by atoms with Crippen molar-refractivity contribution in [3.63, 3.8) is 0 Å². The van der Waals surface area contributed by atoms with E-state index in [0.29, 0.717) is 10.7 Å². The Morgan fingerprint density at radius 2 is 1.74 bits per heavy atom. The summed E-state index contributed by atoms with van der Waals surface area (Å²) in [5.41, 5.74) is 4.72. The molecule has 122 valence electrons. The molecule has 2 aromatic carbocycles. The Hall–Kier alpha value is -2.00. The summed E-state index contributed by atoms with van der Waals surface area (Å²) < 4.78 is 5.81. The normalized spacial score (nSPS) is 11.9. The zero-order valence-electron chi connectivity index (χ0n) is 14.2. The number of nitrogens with one attached hydrogen (secondary N) is 1. The highest BCUT2D eigenvalue weighted by molar-refractivity contribution is 6.34. The number of hydrogen-bond donors (Lipinski definition) is 1. The highest BCUT2D eigenvalue weighted by Gasteiger charge is 2.18. The van der Waals surface area contributed by atoms with Gasteiger partial charge in [0.05, 0.1) is 10.7 Å². The highest BCUT2D eigenvalue weighted by Crippen LogP contribution is 2.28. The van der Waals surface area contributed by atoms with E-state index >= 15 is 0 Å². The number of carbonyl (C=O) groups is 1. The second kappa shape index (κ2) is 7.05. The molecule has 3 nitrogen and oxygen atoms in total. The molecule has 0 fully saturated rings. The third-order valence-electron chi connectivity index (χ3n) is 3.70. The van der Waals surface area contributed by atoms with Gasteiger partial charge in [-0.05, 0) is 69.0 Å². The molecular formula is C19H22ClNO2. The van der Waals surface area contributed by atoms with Crippen LogP contribution >= 0.6 is 11.6 Å². The molecule has 2 aromatic rings. The van der Waals surface area contributed by atoms with E-state index in [9.17, 15) is 4.79 Å². The summed E-state index contributed by atoms with van der Waals surface area (Å²) >= 11 is 6.23. The molecule has 0 aliphatic heterocycles. The van der Waals surface area contributed by atoms with Crippen LogP contribution < -0.4 is 10.1 Å². The third kappa shape index (κ3) is 4.26. The lowest BCUT2D eigenvalue weighted by Gasteiger charge is -2.18. The zero-order valence-corrected chi connectivity index (χ0v) is 14.9. The van der Waals surface area contributed by atoms with Crippen LogP contribution in [0.1, 0.15) is 29.2 Å². The average molecular weight is 332 g/mol. The molecule has 0 saturated heterocycles. The number of halogens is 1. The van der Waals surface area contributed by atoms with Crippen LogP contribution in [0.15, 0.2) is 30.3 Å². The lowest BCUT2D eigenvalue weighted by molar-refractivity contribution is -0.122. The van der Waals surface area contributed by atoms with Gasteiger partial charge in [-0.3, -0.25) is 4.79 Å². The van der Waals surface area contributed by atoms with Gasteiger partial charge >= 0.3 is 0 Å². The molecule has 0 aromatic heterocycles. The first kappa shape index (κ1) is 17.4. The number of carbonyl (C=O) groups excluding carboxylic acids is 1. The standard InChI is InChI=1S/C19H22ClNO2/c1-11-6-7-13(3)17(10-11)23-15(5)19(22)21-18-14(4)8-12(2)9-16(18)20/h6-10,15H,1-5H3,(H,21,22). The zero-order chi connectivity index (χ0) is 17.1. The maximum atomic E-state index is 12.4. The summed E-state index contributed by atoms with van der Waals surface area (Å²) in [6.45, 7) is 9.57. The molecule has 1 N–H and O–H groups in total. The van der Waals surface area contributed by atoms with Gasteiger partial charge < -0.3 is 10.1 Å². The SMILES string of the molecule is Cc1cc(C)c(NC(=O)C(C)Oc2cc(C)ccc2C)c(Cl)c1. The molecule has 0 bridgehead atoms. The van der Waals surface area contributed by atoms with E-state index in [1.165, 1.54) is 0 Å². The smallest absolute Gasteiger partial charge is 0.265 e. The van der Waals surface area contributed by atoms with Crippen LogP contribution in [-0.2, 0) is 4.79 Å². The molecule has 0 aliphatic rings. The van der Waals surface area contributed by atoms with Crippen LogP contribution in [0.25, 0.3) is 0 Å². The Labute approximate surface area is 142 Å². The van der Waals surface area contributed by atoms with Crippen molar-refractivity contribution in [1.82, 2.24) is 0 Å². The molecule has 0 aliphatic carbocycles. The Morgan fingerprint density at radius 3 is 2.39 bits per heavy atom. The molecule has 4 heteroatoms. The van der Waals surface area contributed by atoms with Crippen LogP contribution in [0.2, 0.25) is 5.02 Å². The molecule has 1 unspecified atom stereocenters. The van der Waals surface area contributed by atoms with Gasteiger partial charge in [-0.2, -0.15) is 0 Å². The maximum absolute atomic E-state index is 12.4. The number of hydrogen-bond acceptors (Lipinski definition) is 2. The Morgan fingerprint density at radius 1 is 1.04 bits per heavy atom. The van der Waals surface area contributed by atoms with Crippen LogP contribution in [0.4, 0.5) is 5.69 Å². The molecular weight excluding hydrogens is 310 g/mol. The first-order valence-electron chi connectivity index (χ1n) is 7.59. The van der Waals surface area contributed by atoms with Gasteiger partial charge in [0.25, 0.3) is 5.91 Å². The monoisotopic (exact) mass is 331 g/mol. The van der Waals surface area contributed by atoms with E-state index < -0.39 is 6.10 Å². The summed E-state index contributed by atoms with van der Waals surface area (Å²) in [6, 6.07) is 9.75. The third-order valence-corrected chi connectivity index (χ3v) is 3.99. The Kier molecular flexibility index (Phi) is 5.32. The molecule has 0 spiro atoms. The van der Waals surface area contributed by atoms with Gasteiger partial charge in [0, 0.05) is 0 Å². The Balaban J connectivity index is 2.13. The number of anilines is 1. The van der Waals surface area contributed by atoms with Crippen molar-refractivity contribution < 1.29 is 9.53 Å². The summed E-state index contributed by atoms with van der Waals surface area (Å²) in [5, 5.41) is 3.40. The largest absolute Gasteiger partial charge is 0.481 e. The van der Waals surface area contributed by atoms with E-state index in [0.717, 1.165) is 28.0 Å².